The average molecular weight is 264 g/mol. The van der Waals surface area contributed by atoms with Crippen LogP contribution in [0.5, 0.6) is 0 Å². The number of anilines is 1. The summed E-state index contributed by atoms with van der Waals surface area (Å²) < 4.78 is 14.0. The summed E-state index contributed by atoms with van der Waals surface area (Å²) in [6.45, 7) is 2.56. The minimum Gasteiger partial charge on any atom is -0.368 e. The molecule has 4 heteroatoms. The molecule has 1 atom stereocenters. The lowest BCUT2D eigenvalue weighted by atomic mass is 10.1. The molecule has 0 spiro atoms. The Morgan fingerprint density at radius 3 is 2.78 bits per heavy atom. The van der Waals surface area contributed by atoms with Gasteiger partial charge in [0.05, 0.1) is 5.69 Å². The molecule has 0 fully saturated rings. The van der Waals surface area contributed by atoms with E-state index in [-0.39, 0.29) is 11.9 Å². The van der Waals surface area contributed by atoms with Gasteiger partial charge in [-0.2, -0.15) is 11.3 Å². The molecule has 0 saturated heterocycles. The van der Waals surface area contributed by atoms with E-state index >= 15 is 0 Å². The Bertz CT molecular complexity index is 509. The molecule has 0 bridgehead atoms. The molecule has 2 rings (SSSR count). The van der Waals surface area contributed by atoms with Gasteiger partial charge in [0.1, 0.15) is 5.82 Å². The first-order chi connectivity index (χ1) is 8.59. The third-order valence-electron chi connectivity index (χ3n) is 2.89. The fraction of sp³-hybridized carbons (Fsp3) is 0.286. The first kappa shape index (κ1) is 13.1. The highest BCUT2D eigenvalue weighted by molar-refractivity contribution is 7.07. The van der Waals surface area contributed by atoms with Gasteiger partial charge in [-0.05, 0) is 40.9 Å². The lowest BCUT2D eigenvalue weighted by Gasteiger charge is -2.24. The molecule has 0 aliphatic rings. The second-order valence-electron chi connectivity index (χ2n) is 4.45. The lowest BCUT2D eigenvalue weighted by molar-refractivity contribution is 0.616. The van der Waals surface area contributed by atoms with E-state index < -0.39 is 0 Å². The second kappa shape index (κ2) is 5.50. The number of halogens is 1. The normalized spacial score (nSPS) is 12.4. The number of hydrogen-bond acceptors (Lipinski definition) is 3. The van der Waals surface area contributed by atoms with E-state index in [0.717, 1.165) is 5.56 Å². The molecule has 0 aliphatic carbocycles. The molecule has 1 heterocycles. The maximum atomic E-state index is 14.0. The predicted molar refractivity (Wildman–Crippen MR) is 75.4 cm³/mol. The van der Waals surface area contributed by atoms with E-state index in [4.69, 9.17) is 5.73 Å². The molecule has 1 aromatic heterocycles. The highest BCUT2D eigenvalue weighted by atomic mass is 32.1. The van der Waals surface area contributed by atoms with Crippen LogP contribution in [0.3, 0.4) is 0 Å². The fourth-order valence-corrected chi connectivity index (χ4v) is 2.70. The number of nitrogens with zero attached hydrogens (tertiary/aromatic N) is 1. The Morgan fingerprint density at radius 1 is 1.39 bits per heavy atom. The topological polar surface area (TPSA) is 29.3 Å². The molecule has 96 valence electrons. The van der Waals surface area contributed by atoms with Crippen LogP contribution in [0.25, 0.3) is 0 Å². The monoisotopic (exact) mass is 264 g/mol. The van der Waals surface area contributed by atoms with Crippen LogP contribution in [-0.4, -0.2) is 7.05 Å². The van der Waals surface area contributed by atoms with Crippen molar-refractivity contribution in [3.8, 4) is 0 Å². The van der Waals surface area contributed by atoms with E-state index in [1.54, 1.807) is 17.4 Å². The molecular formula is C14H17FN2S. The van der Waals surface area contributed by atoms with E-state index in [2.05, 4.69) is 5.38 Å². The van der Waals surface area contributed by atoms with E-state index in [1.165, 1.54) is 11.6 Å². The van der Waals surface area contributed by atoms with Crippen molar-refractivity contribution < 1.29 is 4.39 Å². The maximum Gasteiger partial charge on any atom is 0.146 e. The Labute approximate surface area is 111 Å². The van der Waals surface area contributed by atoms with Gasteiger partial charge in [0.25, 0.3) is 0 Å². The zero-order chi connectivity index (χ0) is 13.1. The Balaban J connectivity index is 2.31. The van der Waals surface area contributed by atoms with Crippen molar-refractivity contribution in [3.05, 3.63) is 52.0 Å². The summed E-state index contributed by atoms with van der Waals surface area (Å²) in [6.07, 6.45) is 0. The molecule has 1 unspecified atom stereocenters. The molecule has 0 saturated carbocycles. The number of nitrogens with two attached hydrogens (primary N) is 1. The minimum absolute atomic E-state index is 0.180. The van der Waals surface area contributed by atoms with Crippen molar-refractivity contribution in [1.82, 2.24) is 0 Å². The van der Waals surface area contributed by atoms with Crippen LogP contribution >= 0.6 is 11.3 Å². The SMILES string of the molecule is CC(N)c1cccc(F)c1N(C)Cc1ccsc1. The van der Waals surface area contributed by atoms with E-state index in [0.29, 0.717) is 12.2 Å². The van der Waals surface area contributed by atoms with Gasteiger partial charge in [0.2, 0.25) is 0 Å². The van der Waals surface area contributed by atoms with Crippen molar-refractivity contribution in [2.75, 3.05) is 11.9 Å². The predicted octanol–water partition coefficient (Wildman–Crippen LogP) is 3.54. The number of rotatable bonds is 4. The smallest absolute Gasteiger partial charge is 0.146 e. The highest BCUT2D eigenvalue weighted by Crippen LogP contribution is 2.28. The molecule has 1 aromatic carbocycles. The molecule has 0 amide bonds. The van der Waals surface area contributed by atoms with Crippen LogP contribution in [0.1, 0.15) is 24.1 Å². The summed E-state index contributed by atoms with van der Waals surface area (Å²) in [6, 6.07) is 6.93. The van der Waals surface area contributed by atoms with Gasteiger partial charge in [-0.15, -0.1) is 0 Å². The van der Waals surface area contributed by atoms with Crippen LogP contribution < -0.4 is 10.6 Å². The molecule has 2 nitrogen and oxygen atoms in total. The average Bonchev–Trinajstić information content (AvgIpc) is 2.81. The Morgan fingerprint density at radius 2 is 2.17 bits per heavy atom. The third-order valence-corrected chi connectivity index (χ3v) is 3.62. The molecule has 0 radical (unpaired) electrons. The highest BCUT2D eigenvalue weighted by Gasteiger charge is 2.15. The Hall–Kier alpha value is -1.39. The number of benzene rings is 1. The second-order valence-corrected chi connectivity index (χ2v) is 5.23. The first-order valence-corrected chi connectivity index (χ1v) is 6.80. The van der Waals surface area contributed by atoms with E-state index in [1.807, 2.05) is 36.4 Å². The zero-order valence-electron chi connectivity index (χ0n) is 10.6. The van der Waals surface area contributed by atoms with Gasteiger partial charge in [0.15, 0.2) is 0 Å². The fourth-order valence-electron chi connectivity index (χ4n) is 2.04. The summed E-state index contributed by atoms with van der Waals surface area (Å²) in [5.74, 6) is -0.220. The molecule has 2 aromatic rings. The van der Waals surface area contributed by atoms with Crippen molar-refractivity contribution >= 4 is 17.0 Å². The summed E-state index contributed by atoms with van der Waals surface area (Å²) in [4.78, 5) is 1.91. The van der Waals surface area contributed by atoms with Gasteiger partial charge in [-0.3, -0.25) is 0 Å². The standard InChI is InChI=1S/C14H17FN2S/c1-10(16)12-4-3-5-13(15)14(12)17(2)8-11-6-7-18-9-11/h3-7,9-10H,8,16H2,1-2H3. The summed E-state index contributed by atoms with van der Waals surface area (Å²) >= 11 is 1.65. The number of hydrogen-bond donors (Lipinski definition) is 1. The first-order valence-electron chi connectivity index (χ1n) is 5.86. The quantitative estimate of drug-likeness (QED) is 0.915. The van der Waals surface area contributed by atoms with Crippen molar-refractivity contribution in [1.29, 1.82) is 0 Å². The van der Waals surface area contributed by atoms with Gasteiger partial charge in [-0.25, -0.2) is 4.39 Å². The molecule has 18 heavy (non-hydrogen) atoms. The number of para-hydroxylation sites is 1. The largest absolute Gasteiger partial charge is 0.368 e. The summed E-state index contributed by atoms with van der Waals surface area (Å²) in [7, 11) is 1.89. The lowest BCUT2D eigenvalue weighted by Crippen LogP contribution is -2.21. The van der Waals surface area contributed by atoms with Crippen LogP contribution in [-0.2, 0) is 6.54 Å². The van der Waals surface area contributed by atoms with Crippen molar-refractivity contribution in [2.45, 2.75) is 19.5 Å². The van der Waals surface area contributed by atoms with Gasteiger partial charge >= 0.3 is 0 Å². The molecule has 0 aliphatic heterocycles. The summed E-state index contributed by atoms with van der Waals surface area (Å²) in [5, 5.41) is 4.10. The summed E-state index contributed by atoms with van der Waals surface area (Å²) in [5.41, 5.74) is 8.52. The van der Waals surface area contributed by atoms with Crippen LogP contribution in [0.2, 0.25) is 0 Å². The molecular weight excluding hydrogens is 247 g/mol. The van der Waals surface area contributed by atoms with Crippen LogP contribution in [0.4, 0.5) is 10.1 Å². The minimum atomic E-state index is -0.220. The third kappa shape index (κ3) is 2.71. The van der Waals surface area contributed by atoms with Crippen molar-refractivity contribution in [3.63, 3.8) is 0 Å². The van der Waals surface area contributed by atoms with Gasteiger partial charge in [-0.1, -0.05) is 12.1 Å². The van der Waals surface area contributed by atoms with Gasteiger partial charge < -0.3 is 10.6 Å². The molecule has 2 N–H and O–H groups in total. The van der Waals surface area contributed by atoms with E-state index in [9.17, 15) is 4.39 Å². The number of thiophene rings is 1. The van der Waals surface area contributed by atoms with Gasteiger partial charge in [0, 0.05) is 19.6 Å². The zero-order valence-corrected chi connectivity index (χ0v) is 11.4. The van der Waals surface area contributed by atoms with Crippen LogP contribution in [0, 0.1) is 5.82 Å². The maximum absolute atomic E-state index is 14.0. The Kier molecular flexibility index (Phi) is 3.99. The van der Waals surface area contributed by atoms with Crippen molar-refractivity contribution in [2.24, 2.45) is 5.73 Å². The van der Waals surface area contributed by atoms with Crippen LogP contribution in [0.15, 0.2) is 35.0 Å².